The molecule has 1 aromatic carbocycles. The van der Waals surface area contributed by atoms with Crippen molar-refractivity contribution in [3.8, 4) is 0 Å². The van der Waals surface area contributed by atoms with Gasteiger partial charge in [0.1, 0.15) is 30.5 Å². The summed E-state index contributed by atoms with van der Waals surface area (Å²) >= 11 is 0. The third kappa shape index (κ3) is 11.2. The lowest BCUT2D eigenvalue weighted by Crippen LogP contribution is -2.43. The second-order valence-corrected chi connectivity index (χ2v) is 13.7. The van der Waals surface area contributed by atoms with Crippen molar-refractivity contribution in [2.75, 3.05) is 24.0 Å². The number of fused-ring (bicyclic) bond motifs is 1. The number of carbonyl (C=O) groups is 2. The van der Waals surface area contributed by atoms with Crippen LogP contribution in [0.25, 0.3) is 11.2 Å². The number of H-pyrrole nitrogens is 1. The van der Waals surface area contributed by atoms with E-state index in [0.717, 1.165) is 0 Å². The van der Waals surface area contributed by atoms with Gasteiger partial charge in [-0.3, -0.25) is 28.8 Å². The Bertz CT molecular complexity index is 1870. The van der Waals surface area contributed by atoms with Gasteiger partial charge in [-0.05, 0) is 38.0 Å². The van der Waals surface area contributed by atoms with Gasteiger partial charge >= 0.3 is 19.8 Å². The van der Waals surface area contributed by atoms with E-state index in [1.165, 1.54) is 0 Å². The number of rotatable bonds is 20. The van der Waals surface area contributed by atoms with Crippen LogP contribution in [-0.4, -0.2) is 140 Å². The molecule has 24 heteroatoms. The van der Waals surface area contributed by atoms with Crippen molar-refractivity contribution in [2.45, 2.75) is 88.2 Å². The summed E-state index contributed by atoms with van der Waals surface area (Å²) in [7, 11) is -5.12. The number of aliphatic carboxylic acids is 2. The maximum atomic E-state index is 12.4. The molecular weight excluding hydrogens is 747 g/mol. The van der Waals surface area contributed by atoms with Gasteiger partial charge in [0.25, 0.3) is 5.56 Å². The van der Waals surface area contributed by atoms with Crippen LogP contribution in [0.15, 0.2) is 29.1 Å². The third-order valence-corrected chi connectivity index (χ3v) is 9.14. The lowest BCUT2D eigenvalue weighted by atomic mass is 10.0. The summed E-state index contributed by atoms with van der Waals surface area (Å²) in [5.74, 6) is -3.28. The Morgan fingerprint density at radius 3 is 2.37 bits per heavy atom. The third-order valence-electron chi connectivity index (χ3n) is 8.15. The van der Waals surface area contributed by atoms with Crippen LogP contribution in [0.3, 0.4) is 0 Å². The molecule has 298 valence electrons. The first-order valence-electron chi connectivity index (χ1n) is 16.2. The molecule has 0 bridgehead atoms. The highest BCUT2D eigenvalue weighted by Gasteiger charge is 2.45. The lowest BCUT2D eigenvalue weighted by Gasteiger charge is -2.25. The van der Waals surface area contributed by atoms with Crippen molar-refractivity contribution < 1.29 is 78.5 Å². The van der Waals surface area contributed by atoms with Crippen molar-refractivity contribution in [3.05, 3.63) is 51.6 Å². The number of aromatic amines is 1. The van der Waals surface area contributed by atoms with Gasteiger partial charge in [-0.1, -0.05) is 12.1 Å². The molecular formula is C30H41N6O17P. The Kier molecular flexibility index (Phi) is 14.5. The van der Waals surface area contributed by atoms with E-state index in [-0.39, 0.29) is 23.5 Å². The summed E-state index contributed by atoms with van der Waals surface area (Å²) in [5, 5.41) is 82.2. The molecule has 10 atom stereocenters. The van der Waals surface area contributed by atoms with Crippen molar-refractivity contribution >= 4 is 42.6 Å². The fourth-order valence-electron chi connectivity index (χ4n) is 5.31. The van der Waals surface area contributed by atoms with Gasteiger partial charge in [-0.2, -0.15) is 4.98 Å². The van der Waals surface area contributed by atoms with Crippen LogP contribution in [0, 0.1) is 6.92 Å². The number of anilines is 2. The Morgan fingerprint density at radius 2 is 1.74 bits per heavy atom. The number of aryl methyl sites for hydroxylation is 1. The summed E-state index contributed by atoms with van der Waals surface area (Å²) in [6, 6.07) is 6.28. The number of nitrogens with one attached hydrogen (secondary N) is 3. The molecule has 4 rings (SSSR count). The predicted molar refractivity (Wildman–Crippen MR) is 180 cm³/mol. The molecule has 0 radical (unpaired) electrons. The SMILES string of the molecule is Cc1nc2nc(NO)[nH]c(=O)c2nc1[C@@H](C)Nc1ccc(C[C@H](O)[C@H](O)[C@H](O)CO[C@H]2O[C@H](COP(=O)(O)O[C@@H](CCC(=O)O)C(=O)O)[C@@H](O)[C@H]2O)cc1. The second-order valence-electron chi connectivity index (χ2n) is 12.3. The summed E-state index contributed by atoms with van der Waals surface area (Å²) in [6.07, 6.45) is -15.0. The number of hydrogen-bond donors (Lipinski definition) is 12. The Labute approximate surface area is 304 Å². The molecule has 1 unspecified atom stereocenters. The van der Waals surface area contributed by atoms with Gasteiger partial charge in [0, 0.05) is 18.5 Å². The minimum absolute atomic E-state index is 0.0222. The molecule has 0 spiro atoms. The van der Waals surface area contributed by atoms with Gasteiger partial charge < -0.3 is 55.4 Å². The minimum Gasteiger partial charge on any atom is -0.481 e. The van der Waals surface area contributed by atoms with Gasteiger partial charge in [-0.25, -0.2) is 24.8 Å². The molecule has 2 aromatic heterocycles. The molecule has 1 saturated heterocycles. The van der Waals surface area contributed by atoms with Crippen LogP contribution in [-0.2, 0) is 39.1 Å². The number of nitrogens with zero attached hydrogens (tertiary/aromatic N) is 3. The number of benzene rings is 1. The fourth-order valence-corrected chi connectivity index (χ4v) is 6.22. The molecule has 3 aromatic rings. The molecule has 1 aliphatic heterocycles. The van der Waals surface area contributed by atoms with Crippen molar-refractivity contribution in [1.29, 1.82) is 0 Å². The first kappa shape index (κ1) is 42.5. The highest BCUT2D eigenvalue weighted by Crippen LogP contribution is 2.46. The monoisotopic (exact) mass is 788 g/mol. The first-order valence-corrected chi connectivity index (χ1v) is 17.7. The van der Waals surface area contributed by atoms with E-state index in [0.29, 0.717) is 22.6 Å². The maximum Gasteiger partial charge on any atom is 0.473 e. The van der Waals surface area contributed by atoms with Crippen LogP contribution in [0.2, 0.25) is 0 Å². The van der Waals surface area contributed by atoms with E-state index in [2.05, 4.69) is 34.3 Å². The van der Waals surface area contributed by atoms with E-state index in [9.17, 15) is 49.4 Å². The van der Waals surface area contributed by atoms with E-state index in [4.69, 9.17) is 24.9 Å². The quantitative estimate of drug-likeness (QED) is 0.0459. The Balaban J connectivity index is 1.25. The maximum absolute atomic E-state index is 12.4. The largest absolute Gasteiger partial charge is 0.481 e. The predicted octanol–water partition coefficient (Wildman–Crippen LogP) is -1.46. The number of phosphoric ester groups is 1. The molecule has 23 nitrogen and oxygen atoms in total. The van der Waals surface area contributed by atoms with E-state index in [1.807, 2.05) is 0 Å². The van der Waals surface area contributed by atoms with Crippen LogP contribution in [0.4, 0.5) is 11.6 Å². The molecule has 0 amide bonds. The fraction of sp³-hybridized carbons (Fsp3) is 0.533. The van der Waals surface area contributed by atoms with Gasteiger partial charge in [-0.15, -0.1) is 0 Å². The lowest BCUT2D eigenvalue weighted by molar-refractivity contribution is -0.192. The zero-order valence-corrected chi connectivity index (χ0v) is 29.5. The molecule has 54 heavy (non-hydrogen) atoms. The zero-order valence-electron chi connectivity index (χ0n) is 28.6. The van der Waals surface area contributed by atoms with Crippen molar-refractivity contribution in [1.82, 2.24) is 19.9 Å². The summed E-state index contributed by atoms with van der Waals surface area (Å²) in [4.78, 5) is 59.2. The molecule has 12 N–H and O–H groups in total. The van der Waals surface area contributed by atoms with Crippen LogP contribution in [0.1, 0.15) is 42.8 Å². The van der Waals surface area contributed by atoms with Crippen molar-refractivity contribution in [3.63, 3.8) is 0 Å². The molecule has 3 heterocycles. The summed E-state index contributed by atoms with van der Waals surface area (Å²) in [5.41, 5.74) is 3.34. The number of aromatic nitrogens is 4. The number of hydrogen-bond acceptors (Lipinski definition) is 19. The minimum atomic E-state index is -5.12. The average molecular weight is 789 g/mol. The number of aliphatic hydroxyl groups excluding tert-OH is 5. The molecule has 0 aliphatic carbocycles. The number of phosphoric acid groups is 1. The summed E-state index contributed by atoms with van der Waals surface area (Å²) < 4.78 is 32.0. The molecule has 1 aliphatic rings. The van der Waals surface area contributed by atoms with Gasteiger partial charge in [0.2, 0.25) is 5.95 Å². The smallest absolute Gasteiger partial charge is 0.473 e. The van der Waals surface area contributed by atoms with Gasteiger partial charge in [0.05, 0.1) is 36.7 Å². The van der Waals surface area contributed by atoms with Crippen LogP contribution in [0.5, 0.6) is 0 Å². The zero-order chi connectivity index (χ0) is 39.9. The number of ether oxygens (including phenoxy) is 2. The normalized spacial score (nSPS) is 22.5. The standard InChI is InChI=1S/C30H41N6O17P/c1-12(21-13(2)32-26-22(33-21)27(44)35-30(34-26)36-47)31-15-5-3-14(4-6-15)9-16(37)23(41)17(38)10-50-29-25(43)24(42)19(52-29)11-51-54(48,49)53-18(28(45)46)7-8-20(39)40/h3-6,12,16-19,23-25,29,31,37-38,41-43,47H,7-11H2,1-2H3,(H,39,40)(H,45,46)(H,48,49)(H2,32,34,35,36,44)/t12-,16+,17-,18+,19-,23+,24-,25-,29+/m1/s1. The topological polar surface area (TPSA) is 366 Å². The second kappa shape index (κ2) is 18.4. The van der Waals surface area contributed by atoms with Crippen molar-refractivity contribution in [2.24, 2.45) is 0 Å². The highest BCUT2D eigenvalue weighted by molar-refractivity contribution is 7.47. The highest BCUT2D eigenvalue weighted by atomic mass is 31.2. The van der Waals surface area contributed by atoms with Crippen LogP contribution >= 0.6 is 7.82 Å². The number of carboxylic acid groups (broad SMARTS) is 2. The summed E-state index contributed by atoms with van der Waals surface area (Å²) in [6.45, 7) is 1.88. The average Bonchev–Trinajstić information content (AvgIpc) is 3.39. The van der Waals surface area contributed by atoms with Crippen LogP contribution < -0.4 is 16.4 Å². The van der Waals surface area contributed by atoms with Gasteiger partial charge in [0.15, 0.2) is 23.6 Å². The molecule has 0 saturated carbocycles. The van der Waals surface area contributed by atoms with E-state index >= 15 is 0 Å². The number of aliphatic hydroxyl groups is 5. The first-order chi connectivity index (χ1) is 25.4. The van der Waals surface area contributed by atoms with E-state index in [1.54, 1.807) is 43.6 Å². The molecule has 1 fully saturated rings. The van der Waals surface area contributed by atoms with E-state index < -0.39 is 106 Å². The Hall–Kier alpha value is -4.23. The number of carboxylic acids is 2. The Morgan fingerprint density at radius 1 is 1.06 bits per heavy atom.